The van der Waals surface area contributed by atoms with E-state index in [1.807, 2.05) is 26.8 Å². The number of phenolic OH excluding ortho intramolecular Hbond substituents is 1. The molecule has 0 aromatic heterocycles. The Balaban J connectivity index is 0.00000154. The molecule has 0 bridgehead atoms. The van der Waals surface area contributed by atoms with Crippen LogP contribution in [0.2, 0.25) is 0 Å². The number of rotatable bonds is 1. The number of carbonyl (C=O) groups excluding carboxylic acids is 1. The number of phenols is 1. The molecule has 0 unspecified atom stereocenters. The Labute approximate surface area is 116 Å². The van der Waals surface area contributed by atoms with Gasteiger partial charge in [-0.2, -0.15) is 0 Å². The molecule has 0 aliphatic heterocycles. The number of aromatic hydroxyl groups is 1. The predicted molar refractivity (Wildman–Crippen MR) is 79.0 cm³/mol. The fraction of sp³-hybridized carbons (Fsp3) is 0.562. The van der Waals surface area contributed by atoms with Gasteiger partial charge in [0.1, 0.15) is 5.75 Å². The number of hydrogen-bond donors (Lipinski definition) is 2. The predicted octanol–water partition coefficient (Wildman–Crippen LogP) is 3.41. The average Bonchev–Trinajstić information content (AvgIpc) is 2.29. The molecular weight excluding hydrogens is 240 g/mol. The van der Waals surface area contributed by atoms with Gasteiger partial charge in [-0.15, -0.1) is 0 Å². The van der Waals surface area contributed by atoms with Crippen molar-refractivity contribution in [1.29, 1.82) is 0 Å². The fourth-order valence-electron chi connectivity index (χ4n) is 1.75. The molecule has 2 N–H and O–H groups in total. The largest absolute Gasteiger partial charge is 0.507 e. The first-order valence-electron chi connectivity index (χ1n) is 6.35. The van der Waals surface area contributed by atoms with E-state index in [4.69, 9.17) is 5.11 Å². The number of aldehydes is 1. The number of aliphatic hydroxyl groups excluding tert-OH is 1. The molecule has 0 aliphatic rings. The third-order valence-electron chi connectivity index (χ3n) is 2.94. The third kappa shape index (κ3) is 4.35. The van der Waals surface area contributed by atoms with E-state index in [0.29, 0.717) is 5.56 Å². The van der Waals surface area contributed by atoms with Crippen molar-refractivity contribution in [3.05, 3.63) is 28.8 Å². The van der Waals surface area contributed by atoms with Crippen LogP contribution in [0.15, 0.2) is 12.1 Å². The van der Waals surface area contributed by atoms with Crippen molar-refractivity contribution < 1.29 is 15.0 Å². The maximum atomic E-state index is 11.0. The molecule has 0 saturated heterocycles. The summed E-state index contributed by atoms with van der Waals surface area (Å²) in [6.45, 7) is 12.4. The summed E-state index contributed by atoms with van der Waals surface area (Å²) in [6.07, 6.45) is 0.722. The Kier molecular flexibility index (Phi) is 5.76. The first-order chi connectivity index (χ1) is 8.57. The maximum Gasteiger partial charge on any atom is 0.153 e. The molecule has 3 heteroatoms. The van der Waals surface area contributed by atoms with Crippen LogP contribution in [0.25, 0.3) is 0 Å². The van der Waals surface area contributed by atoms with Crippen molar-refractivity contribution in [3.63, 3.8) is 0 Å². The minimum atomic E-state index is -0.177. The zero-order valence-corrected chi connectivity index (χ0v) is 13.0. The Morgan fingerprint density at radius 3 is 1.74 bits per heavy atom. The van der Waals surface area contributed by atoms with Gasteiger partial charge in [0, 0.05) is 12.7 Å². The van der Waals surface area contributed by atoms with Gasteiger partial charge in [-0.25, -0.2) is 0 Å². The fourth-order valence-corrected chi connectivity index (χ4v) is 1.75. The second-order valence-electron chi connectivity index (χ2n) is 6.58. The van der Waals surface area contributed by atoms with Crippen molar-refractivity contribution in [3.8, 4) is 5.75 Å². The van der Waals surface area contributed by atoms with E-state index in [-0.39, 0.29) is 16.6 Å². The van der Waals surface area contributed by atoms with Gasteiger partial charge >= 0.3 is 0 Å². The van der Waals surface area contributed by atoms with Crippen LogP contribution in [0.1, 0.15) is 63.0 Å². The Morgan fingerprint density at radius 1 is 0.947 bits per heavy atom. The summed E-state index contributed by atoms with van der Waals surface area (Å²) >= 11 is 0. The maximum absolute atomic E-state index is 11.0. The zero-order valence-electron chi connectivity index (χ0n) is 13.0. The molecule has 0 saturated carbocycles. The van der Waals surface area contributed by atoms with Gasteiger partial charge in [0.2, 0.25) is 0 Å². The van der Waals surface area contributed by atoms with E-state index in [1.165, 1.54) is 0 Å². The van der Waals surface area contributed by atoms with Crippen molar-refractivity contribution in [2.75, 3.05) is 7.11 Å². The highest BCUT2D eigenvalue weighted by atomic mass is 16.3. The van der Waals surface area contributed by atoms with E-state index in [2.05, 4.69) is 20.8 Å². The highest BCUT2D eigenvalue weighted by Crippen LogP contribution is 2.36. The molecule has 0 atom stereocenters. The van der Waals surface area contributed by atoms with Gasteiger partial charge in [-0.3, -0.25) is 4.79 Å². The minimum absolute atomic E-state index is 0.0362. The van der Waals surface area contributed by atoms with Gasteiger partial charge in [-0.1, -0.05) is 47.6 Å². The molecule has 1 aromatic rings. The van der Waals surface area contributed by atoms with E-state index in [0.717, 1.165) is 24.5 Å². The Bertz CT molecular complexity index is 435. The average molecular weight is 266 g/mol. The first-order valence-corrected chi connectivity index (χ1v) is 6.35. The second kappa shape index (κ2) is 6.20. The molecule has 108 valence electrons. The monoisotopic (exact) mass is 266 g/mol. The van der Waals surface area contributed by atoms with Crippen LogP contribution in [0, 0.1) is 0 Å². The summed E-state index contributed by atoms with van der Waals surface area (Å²) in [5.41, 5.74) is 2.06. The van der Waals surface area contributed by atoms with E-state index < -0.39 is 0 Å². The molecule has 3 nitrogen and oxygen atoms in total. The van der Waals surface area contributed by atoms with E-state index in [1.54, 1.807) is 6.07 Å². The summed E-state index contributed by atoms with van der Waals surface area (Å²) in [6, 6.07) is 3.78. The third-order valence-corrected chi connectivity index (χ3v) is 2.94. The molecule has 0 fully saturated rings. The topological polar surface area (TPSA) is 57.5 Å². The lowest BCUT2D eigenvalue weighted by atomic mass is 9.79. The van der Waals surface area contributed by atoms with Crippen LogP contribution in [0.3, 0.4) is 0 Å². The second-order valence-corrected chi connectivity index (χ2v) is 6.58. The Hall–Kier alpha value is -1.35. The van der Waals surface area contributed by atoms with Gasteiger partial charge < -0.3 is 10.2 Å². The van der Waals surface area contributed by atoms with Crippen LogP contribution in [-0.4, -0.2) is 23.6 Å². The lowest BCUT2D eigenvalue weighted by Crippen LogP contribution is -2.17. The Morgan fingerprint density at radius 2 is 1.42 bits per heavy atom. The van der Waals surface area contributed by atoms with Crippen LogP contribution in [-0.2, 0) is 10.8 Å². The first kappa shape index (κ1) is 17.6. The molecule has 0 heterocycles. The smallest absolute Gasteiger partial charge is 0.153 e. The van der Waals surface area contributed by atoms with Gasteiger partial charge in [-0.05, 0) is 22.5 Å². The molecule has 1 rings (SSSR count). The van der Waals surface area contributed by atoms with Crippen LogP contribution >= 0.6 is 0 Å². The number of benzene rings is 1. The summed E-state index contributed by atoms with van der Waals surface area (Å²) in [5.74, 6) is 0.112. The molecule has 1 aromatic carbocycles. The van der Waals surface area contributed by atoms with E-state index >= 15 is 0 Å². The summed E-state index contributed by atoms with van der Waals surface area (Å²) in [7, 11) is 1.00. The van der Waals surface area contributed by atoms with Crippen molar-refractivity contribution in [2.24, 2.45) is 0 Å². The normalized spacial score (nSPS) is 11.6. The van der Waals surface area contributed by atoms with Crippen LogP contribution in [0.4, 0.5) is 0 Å². The quantitative estimate of drug-likeness (QED) is 0.766. The number of carbonyl (C=O) groups is 1. The summed E-state index contributed by atoms with van der Waals surface area (Å²) < 4.78 is 0. The van der Waals surface area contributed by atoms with Crippen molar-refractivity contribution in [1.82, 2.24) is 0 Å². The van der Waals surface area contributed by atoms with Crippen LogP contribution in [0.5, 0.6) is 5.75 Å². The van der Waals surface area contributed by atoms with Crippen molar-refractivity contribution >= 4 is 6.29 Å². The lowest BCUT2D eigenvalue weighted by molar-refractivity contribution is 0.112. The molecule has 0 spiro atoms. The van der Waals surface area contributed by atoms with Crippen LogP contribution < -0.4 is 0 Å². The van der Waals surface area contributed by atoms with E-state index in [9.17, 15) is 9.90 Å². The molecule has 0 aliphatic carbocycles. The SMILES string of the molecule is CC(C)(C)c1cc(C=O)c(O)c(C(C)(C)C)c1.CO. The number of hydrogen-bond acceptors (Lipinski definition) is 3. The standard InChI is InChI=1S/C15H22O2.CH4O/c1-14(2,3)11-7-10(9-16)13(17)12(8-11)15(4,5)6;1-2/h7-9,17H,1-6H3;2H,1H3. The highest BCUT2D eigenvalue weighted by molar-refractivity contribution is 5.81. The summed E-state index contributed by atoms with van der Waals surface area (Å²) in [5, 5.41) is 17.1. The van der Waals surface area contributed by atoms with Gasteiger partial charge in [0.15, 0.2) is 6.29 Å². The highest BCUT2D eigenvalue weighted by Gasteiger charge is 2.24. The lowest BCUT2D eigenvalue weighted by Gasteiger charge is -2.26. The van der Waals surface area contributed by atoms with Crippen molar-refractivity contribution in [2.45, 2.75) is 52.4 Å². The summed E-state index contributed by atoms with van der Waals surface area (Å²) in [4.78, 5) is 11.0. The minimum Gasteiger partial charge on any atom is -0.507 e. The molecule has 0 amide bonds. The molecule has 19 heavy (non-hydrogen) atoms. The van der Waals surface area contributed by atoms with Gasteiger partial charge in [0.05, 0.1) is 5.56 Å². The van der Waals surface area contributed by atoms with Gasteiger partial charge in [0.25, 0.3) is 0 Å². The molecular formula is C16H26O3. The molecule has 0 radical (unpaired) electrons. The zero-order chi connectivity index (χ0) is 15.4. The number of aliphatic hydroxyl groups is 1.